The van der Waals surface area contributed by atoms with Crippen molar-refractivity contribution < 1.29 is 4.79 Å². The second-order valence-electron chi connectivity index (χ2n) is 6.81. The summed E-state index contributed by atoms with van der Waals surface area (Å²) < 4.78 is 0. The molecule has 0 aliphatic carbocycles. The Morgan fingerprint density at radius 1 is 1.33 bits per heavy atom. The third kappa shape index (κ3) is 3.62. The van der Waals surface area contributed by atoms with Crippen LogP contribution in [-0.2, 0) is 11.2 Å². The van der Waals surface area contributed by atoms with E-state index in [0.29, 0.717) is 17.0 Å². The number of carbonyl (C=O) groups excluding carboxylic acids is 1. The van der Waals surface area contributed by atoms with Crippen LogP contribution in [0.25, 0.3) is 10.9 Å². The maximum absolute atomic E-state index is 12.5. The van der Waals surface area contributed by atoms with E-state index < -0.39 is 0 Å². The van der Waals surface area contributed by atoms with Crippen molar-refractivity contribution >= 4 is 34.1 Å². The second kappa shape index (κ2) is 7.34. The highest BCUT2D eigenvalue weighted by molar-refractivity contribution is 6.32. The summed E-state index contributed by atoms with van der Waals surface area (Å²) in [6.45, 7) is 1.59. The molecular formula is C21H19ClN4O. The number of anilines is 1. The van der Waals surface area contributed by atoms with Crippen molar-refractivity contribution in [1.29, 1.82) is 5.26 Å². The number of aromatic amines is 1. The lowest BCUT2D eigenvalue weighted by atomic mass is 10.1. The number of fused-ring (bicyclic) bond motifs is 1. The summed E-state index contributed by atoms with van der Waals surface area (Å²) in [6, 6.07) is 15.6. The Hall–Kier alpha value is -2.97. The molecule has 2 aromatic carbocycles. The van der Waals surface area contributed by atoms with Gasteiger partial charge in [0.05, 0.1) is 17.0 Å². The fraction of sp³-hybridized carbons (Fsp3) is 0.238. The Morgan fingerprint density at radius 2 is 2.19 bits per heavy atom. The molecule has 1 aliphatic rings. The minimum absolute atomic E-state index is 0.0319. The van der Waals surface area contributed by atoms with Gasteiger partial charge in [-0.25, -0.2) is 0 Å². The van der Waals surface area contributed by atoms with Crippen molar-refractivity contribution in [2.45, 2.75) is 18.9 Å². The molecule has 1 fully saturated rings. The standard InChI is InChI=1S/C21H19ClN4O/c22-19-10-17(6-5-14(19)11-23)26-8-7-16(13-26)25-21(27)9-15-12-24-20-4-2-1-3-18(15)20/h1-6,10,12,16,24H,7-9,13H2,(H,25,27)/t16-/m1/s1. The van der Waals surface area contributed by atoms with Gasteiger partial charge in [-0.05, 0) is 36.2 Å². The van der Waals surface area contributed by atoms with Crippen molar-refractivity contribution in [2.24, 2.45) is 0 Å². The maximum atomic E-state index is 12.5. The second-order valence-corrected chi connectivity index (χ2v) is 7.22. The minimum Gasteiger partial charge on any atom is -0.369 e. The van der Waals surface area contributed by atoms with Crippen LogP contribution in [0.15, 0.2) is 48.7 Å². The molecule has 136 valence electrons. The van der Waals surface area contributed by atoms with E-state index in [-0.39, 0.29) is 11.9 Å². The van der Waals surface area contributed by atoms with Crippen LogP contribution in [0.4, 0.5) is 5.69 Å². The van der Waals surface area contributed by atoms with Crippen LogP contribution >= 0.6 is 11.6 Å². The summed E-state index contributed by atoms with van der Waals surface area (Å²) in [5.41, 5.74) is 3.51. The number of rotatable bonds is 4. The minimum atomic E-state index is 0.0319. The molecule has 6 heteroatoms. The molecular weight excluding hydrogens is 360 g/mol. The monoisotopic (exact) mass is 378 g/mol. The molecule has 0 saturated carbocycles. The zero-order chi connectivity index (χ0) is 18.8. The molecule has 2 N–H and O–H groups in total. The normalized spacial score (nSPS) is 16.4. The van der Waals surface area contributed by atoms with Gasteiger partial charge in [-0.1, -0.05) is 29.8 Å². The molecule has 1 saturated heterocycles. The Bertz CT molecular complexity index is 1040. The first-order chi connectivity index (χ1) is 13.1. The Morgan fingerprint density at radius 3 is 3.00 bits per heavy atom. The quantitative estimate of drug-likeness (QED) is 0.728. The third-order valence-corrected chi connectivity index (χ3v) is 5.33. The first-order valence-corrected chi connectivity index (χ1v) is 9.31. The Labute approximate surface area is 162 Å². The zero-order valence-corrected chi connectivity index (χ0v) is 15.5. The summed E-state index contributed by atoms with van der Waals surface area (Å²) in [5.74, 6) is 0.0319. The fourth-order valence-electron chi connectivity index (χ4n) is 3.63. The van der Waals surface area contributed by atoms with Gasteiger partial charge in [0, 0.05) is 41.9 Å². The molecule has 2 heterocycles. The summed E-state index contributed by atoms with van der Waals surface area (Å²) in [7, 11) is 0. The number of hydrogen-bond acceptors (Lipinski definition) is 3. The van der Waals surface area contributed by atoms with Crippen LogP contribution in [0.2, 0.25) is 5.02 Å². The van der Waals surface area contributed by atoms with Gasteiger partial charge in [0.1, 0.15) is 6.07 Å². The number of benzene rings is 2. The molecule has 1 amide bonds. The van der Waals surface area contributed by atoms with Gasteiger partial charge < -0.3 is 15.2 Å². The number of nitrogens with zero attached hydrogens (tertiary/aromatic N) is 2. The highest BCUT2D eigenvalue weighted by atomic mass is 35.5. The number of halogens is 1. The van der Waals surface area contributed by atoms with Crippen LogP contribution < -0.4 is 10.2 Å². The predicted octanol–water partition coefficient (Wildman–Crippen LogP) is 3.63. The highest BCUT2D eigenvalue weighted by Crippen LogP contribution is 2.26. The molecule has 0 radical (unpaired) electrons. The van der Waals surface area contributed by atoms with E-state index in [4.69, 9.17) is 16.9 Å². The van der Waals surface area contributed by atoms with E-state index in [1.54, 1.807) is 6.07 Å². The van der Waals surface area contributed by atoms with Crippen molar-refractivity contribution in [3.8, 4) is 6.07 Å². The van der Waals surface area contributed by atoms with Crippen molar-refractivity contribution in [2.75, 3.05) is 18.0 Å². The number of amides is 1. The lowest BCUT2D eigenvalue weighted by molar-refractivity contribution is -0.121. The van der Waals surface area contributed by atoms with E-state index in [2.05, 4.69) is 21.3 Å². The van der Waals surface area contributed by atoms with Crippen LogP contribution in [0.5, 0.6) is 0 Å². The summed E-state index contributed by atoms with van der Waals surface area (Å²) >= 11 is 6.13. The lowest BCUT2D eigenvalue weighted by Crippen LogP contribution is -2.37. The van der Waals surface area contributed by atoms with Crippen LogP contribution in [0, 0.1) is 11.3 Å². The van der Waals surface area contributed by atoms with E-state index in [0.717, 1.165) is 41.7 Å². The maximum Gasteiger partial charge on any atom is 0.224 e. The fourth-order valence-corrected chi connectivity index (χ4v) is 3.85. The molecule has 0 spiro atoms. The number of nitriles is 1. The number of hydrogen-bond donors (Lipinski definition) is 2. The summed E-state index contributed by atoms with van der Waals surface area (Å²) in [6.07, 6.45) is 3.16. The Kier molecular flexibility index (Phi) is 4.74. The summed E-state index contributed by atoms with van der Waals surface area (Å²) in [4.78, 5) is 17.9. The predicted molar refractivity (Wildman–Crippen MR) is 107 cm³/mol. The van der Waals surface area contributed by atoms with E-state index in [9.17, 15) is 4.79 Å². The number of H-pyrrole nitrogens is 1. The Balaban J connectivity index is 1.37. The molecule has 27 heavy (non-hydrogen) atoms. The summed E-state index contributed by atoms with van der Waals surface area (Å²) in [5, 5.41) is 13.7. The number of nitrogens with one attached hydrogen (secondary N) is 2. The van der Waals surface area contributed by atoms with Crippen molar-refractivity contribution in [3.05, 3.63) is 64.8 Å². The van der Waals surface area contributed by atoms with E-state index in [1.807, 2.05) is 42.6 Å². The largest absolute Gasteiger partial charge is 0.369 e. The zero-order valence-electron chi connectivity index (χ0n) is 14.7. The van der Waals surface area contributed by atoms with Crippen molar-refractivity contribution in [3.63, 3.8) is 0 Å². The topological polar surface area (TPSA) is 71.9 Å². The van der Waals surface area contributed by atoms with Gasteiger partial charge in [0.25, 0.3) is 0 Å². The number of carbonyl (C=O) groups is 1. The third-order valence-electron chi connectivity index (χ3n) is 5.02. The van der Waals surface area contributed by atoms with Crippen LogP contribution in [0.3, 0.4) is 0 Å². The lowest BCUT2D eigenvalue weighted by Gasteiger charge is -2.19. The molecule has 1 atom stereocenters. The van der Waals surface area contributed by atoms with Gasteiger partial charge >= 0.3 is 0 Å². The van der Waals surface area contributed by atoms with Gasteiger partial charge in [-0.15, -0.1) is 0 Å². The van der Waals surface area contributed by atoms with Crippen LogP contribution in [0.1, 0.15) is 17.5 Å². The van der Waals surface area contributed by atoms with E-state index >= 15 is 0 Å². The first kappa shape index (κ1) is 17.4. The highest BCUT2D eigenvalue weighted by Gasteiger charge is 2.24. The van der Waals surface area contributed by atoms with Gasteiger partial charge in [0.15, 0.2) is 0 Å². The molecule has 4 rings (SSSR count). The molecule has 1 aliphatic heterocycles. The molecule has 0 unspecified atom stereocenters. The average molecular weight is 379 g/mol. The van der Waals surface area contributed by atoms with E-state index in [1.165, 1.54) is 0 Å². The molecule has 1 aromatic heterocycles. The van der Waals surface area contributed by atoms with Crippen molar-refractivity contribution in [1.82, 2.24) is 10.3 Å². The van der Waals surface area contributed by atoms with Gasteiger partial charge in [-0.3, -0.25) is 4.79 Å². The molecule has 0 bridgehead atoms. The number of aromatic nitrogens is 1. The number of para-hydroxylation sites is 1. The van der Waals surface area contributed by atoms with Crippen LogP contribution in [-0.4, -0.2) is 30.0 Å². The smallest absolute Gasteiger partial charge is 0.224 e. The SMILES string of the molecule is N#Cc1ccc(N2CC[C@@H](NC(=O)Cc3c[nH]c4ccccc34)C2)cc1Cl. The average Bonchev–Trinajstić information content (AvgIpc) is 3.29. The van der Waals surface area contributed by atoms with Gasteiger partial charge in [-0.2, -0.15) is 5.26 Å². The van der Waals surface area contributed by atoms with Gasteiger partial charge in [0.2, 0.25) is 5.91 Å². The molecule has 5 nitrogen and oxygen atoms in total. The first-order valence-electron chi connectivity index (χ1n) is 8.93. The molecule has 3 aromatic rings.